The molecule has 0 unspecified atom stereocenters. The lowest BCUT2D eigenvalue weighted by Gasteiger charge is -2.22. The summed E-state index contributed by atoms with van der Waals surface area (Å²) >= 11 is 0. The number of hydrogen-bond acceptors (Lipinski definition) is 3. The Morgan fingerprint density at radius 2 is 1.79 bits per heavy atom. The Morgan fingerprint density at radius 3 is 2.37 bits per heavy atom. The third kappa shape index (κ3) is 3.15. The largest absolute Gasteiger partial charge is 0.302 e. The molecule has 0 N–H and O–H groups in total. The van der Waals surface area contributed by atoms with Crippen molar-refractivity contribution in [1.29, 1.82) is 0 Å². The number of likely N-dealkylation sites (tertiary alicyclic amines) is 2. The fourth-order valence-electron chi connectivity index (χ4n) is 3.70. The first-order valence-corrected chi connectivity index (χ1v) is 7.55. The lowest BCUT2D eigenvalue weighted by atomic mass is 10.0. The van der Waals surface area contributed by atoms with E-state index in [1.165, 1.54) is 38.4 Å². The number of aromatic nitrogens is 1. The molecule has 19 heavy (non-hydrogen) atoms. The smallest absolute Gasteiger partial charge is 0.0543 e. The van der Waals surface area contributed by atoms with Crippen molar-refractivity contribution in [2.75, 3.05) is 32.7 Å². The monoisotopic (exact) mass is 259 g/mol. The highest BCUT2D eigenvalue weighted by molar-refractivity contribution is 5.04. The second-order valence-electron chi connectivity index (χ2n) is 6.65. The predicted octanol–water partition coefficient (Wildman–Crippen LogP) is 2.10. The van der Waals surface area contributed by atoms with Gasteiger partial charge < -0.3 is 4.90 Å². The van der Waals surface area contributed by atoms with Crippen molar-refractivity contribution in [2.24, 2.45) is 17.8 Å². The van der Waals surface area contributed by atoms with Crippen LogP contribution in [0.3, 0.4) is 0 Å². The Kier molecular flexibility index (Phi) is 3.85. The van der Waals surface area contributed by atoms with Crippen molar-refractivity contribution in [3.63, 3.8) is 0 Å². The summed E-state index contributed by atoms with van der Waals surface area (Å²) in [5.74, 6) is 2.58. The van der Waals surface area contributed by atoms with Gasteiger partial charge in [0.05, 0.1) is 5.69 Å². The fraction of sp³-hybridized carbons (Fsp3) is 0.688. The molecule has 0 amide bonds. The third-order valence-electron chi connectivity index (χ3n) is 4.37. The van der Waals surface area contributed by atoms with Crippen LogP contribution in [0.2, 0.25) is 0 Å². The summed E-state index contributed by atoms with van der Waals surface area (Å²) in [5, 5.41) is 0. The van der Waals surface area contributed by atoms with E-state index < -0.39 is 0 Å². The van der Waals surface area contributed by atoms with Crippen LogP contribution in [0.1, 0.15) is 19.5 Å². The first-order chi connectivity index (χ1) is 9.20. The molecule has 0 saturated carbocycles. The van der Waals surface area contributed by atoms with Gasteiger partial charge in [0, 0.05) is 45.5 Å². The summed E-state index contributed by atoms with van der Waals surface area (Å²) in [6.45, 7) is 12.1. The number of nitrogens with zero attached hydrogens (tertiary/aromatic N) is 3. The highest BCUT2D eigenvalue weighted by Gasteiger charge is 2.39. The fourth-order valence-corrected chi connectivity index (χ4v) is 3.70. The molecule has 0 radical (unpaired) electrons. The van der Waals surface area contributed by atoms with Crippen LogP contribution in [0, 0.1) is 17.8 Å². The van der Waals surface area contributed by atoms with Crippen molar-refractivity contribution >= 4 is 0 Å². The van der Waals surface area contributed by atoms with Gasteiger partial charge in [0.15, 0.2) is 0 Å². The highest BCUT2D eigenvalue weighted by atomic mass is 15.2. The molecule has 3 heteroatoms. The summed E-state index contributed by atoms with van der Waals surface area (Å²) in [6, 6.07) is 6.22. The average Bonchev–Trinajstić information content (AvgIpc) is 2.87. The zero-order chi connectivity index (χ0) is 13.2. The van der Waals surface area contributed by atoms with Gasteiger partial charge in [-0.25, -0.2) is 0 Å². The first kappa shape index (κ1) is 13.1. The summed E-state index contributed by atoms with van der Waals surface area (Å²) in [7, 11) is 0. The summed E-state index contributed by atoms with van der Waals surface area (Å²) in [5.41, 5.74) is 1.21. The summed E-state index contributed by atoms with van der Waals surface area (Å²) in [6.07, 6.45) is 1.90. The van der Waals surface area contributed by atoms with Crippen LogP contribution < -0.4 is 0 Å². The van der Waals surface area contributed by atoms with E-state index in [-0.39, 0.29) is 0 Å². The molecule has 1 aromatic heterocycles. The molecular formula is C16H25N3. The Balaban J connectivity index is 1.51. The van der Waals surface area contributed by atoms with Gasteiger partial charge in [-0.1, -0.05) is 19.9 Å². The summed E-state index contributed by atoms with van der Waals surface area (Å²) < 4.78 is 0. The van der Waals surface area contributed by atoms with Gasteiger partial charge in [-0.2, -0.15) is 0 Å². The van der Waals surface area contributed by atoms with E-state index in [9.17, 15) is 0 Å². The lowest BCUT2D eigenvalue weighted by Crippen LogP contribution is -2.31. The minimum absolute atomic E-state index is 0.795. The van der Waals surface area contributed by atoms with E-state index in [2.05, 4.69) is 40.8 Å². The van der Waals surface area contributed by atoms with Crippen molar-refractivity contribution in [1.82, 2.24) is 14.8 Å². The second kappa shape index (κ2) is 5.59. The van der Waals surface area contributed by atoms with E-state index in [0.717, 1.165) is 24.3 Å². The van der Waals surface area contributed by atoms with Gasteiger partial charge in [-0.05, 0) is 29.9 Å². The molecule has 3 heterocycles. The van der Waals surface area contributed by atoms with Crippen LogP contribution in [0.15, 0.2) is 24.4 Å². The van der Waals surface area contributed by atoms with Crippen LogP contribution in [-0.2, 0) is 6.54 Å². The Morgan fingerprint density at radius 1 is 1.11 bits per heavy atom. The normalized spacial score (nSPS) is 28.2. The van der Waals surface area contributed by atoms with E-state index in [1.54, 1.807) is 0 Å². The van der Waals surface area contributed by atoms with Crippen LogP contribution >= 0.6 is 0 Å². The van der Waals surface area contributed by atoms with E-state index in [1.807, 2.05) is 12.3 Å². The Labute approximate surface area is 116 Å². The molecule has 2 atom stereocenters. The molecule has 3 nitrogen and oxygen atoms in total. The second-order valence-corrected chi connectivity index (χ2v) is 6.65. The maximum atomic E-state index is 4.44. The van der Waals surface area contributed by atoms with Crippen LogP contribution in [0.4, 0.5) is 0 Å². The SMILES string of the molecule is CC(C)CN1C[C@H]2CN(Cc3ccccn3)C[C@H]2C1. The van der Waals surface area contributed by atoms with E-state index in [4.69, 9.17) is 0 Å². The van der Waals surface area contributed by atoms with E-state index >= 15 is 0 Å². The Bertz CT molecular complexity index is 390. The van der Waals surface area contributed by atoms with Crippen molar-refractivity contribution in [3.8, 4) is 0 Å². The predicted molar refractivity (Wildman–Crippen MR) is 77.8 cm³/mol. The van der Waals surface area contributed by atoms with Gasteiger partial charge in [0.2, 0.25) is 0 Å². The molecule has 104 valence electrons. The zero-order valence-electron chi connectivity index (χ0n) is 12.1. The van der Waals surface area contributed by atoms with Crippen molar-refractivity contribution in [2.45, 2.75) is 20.4 Å². The zero-order valence-corrected chi connectivity index (χ0v) is 12.1. The molecule has 2 saturated heterocycles. The van der Waals surface area contributed by atoms with E-state index in [0.29, 0.717) is 0 Å². The van der Waals surface area contributed by atoms with Crippen molar-refractivity contribution < 1.29 is 0 Å². The Hall–Kier alpha value is -0.930. The molecule has 1 aromatic rings. The number of pyridine rings is 1. The van der Waals surface area contributed by atoms with Crippen LogP contribution in [0.5, 0.6) is 0 Å². The number of hydrogen-bond donors (Lipinski definition) is 0. The van der Waals surface area contributed by atoms with Gasteiger partial charge in [0.25, 0.3) is 0 Å². The molecule has 2 fully saturated rings. The minimum atomic E-state index is 0.795. The molecule has 3 rings (SSSR count). The van der Waals surface area contributed by atoms with Gasteiger partial charge in [0.1, 0.15) is 0 Å². The van der Waals surface area contributed by atoms with Gasteiger partial charge in [-0.15, -0.1) is 0 Å². The van der Waals surface area contributed by atoms with Crippen LogP contribution in [-0.4, -0.2) is 47.5 Å². The maximum Gasteiger partial charge on any atom is 0.0543 e. The molecule has 0 aliphatic carbocycles. The maximum absolute atomic E-state index is 4.44. The van der Waals surface area contributed by atoms with Gasteiger partial charge >= 0.3 is 0 Å². The lowest BCUT2D eigenvalue weighted by molar-refractivity contribution is 0.234. The minimum Gasteiger partial charge on any atom is -0.302 e. The quantitative estimate of drug-likeness (QED) is 0.825. The standard InChI is InChI=1S/C16H25N3/c1-13(2)7-18-8-14-10-19(11-15(14)9-18)12-16-5-3-4-6-17-16/h3-6,13-15H,7-12H2,1-2H3/t14-,15+. The molecular weight excluding hydrogens is 234 g/mol. The molecule has 2 aliphatic heterocycles. The molecule has 2 aliphatic rings. The van der Waals surface area contributed by atoms with Crippen LogP contribution in [0.25, 0.3) is 0 Å². The molecule has 0 aromatic carbocycles. The number of fused-ring (bicyclic) bond motifs is 1. The topological polar surface area (TPSA) is 19.4 Å². The summed E-state index contributed by atoms with van der Waals surface area (Å²) in [4.78, 5) is 9.69. The number of rotatable bonds is 4. The van der Waals surface area contributed by atoms with Crippen molar-refractivity contribution in [3.05, 3.63) is 30.1 Å². The highest BCUT2D eigenvalue weighted by Crippen LogP contribution is 2.31. The molecule has 0 bridgehead atoms. The average molecular weight is 259 g/mol. The first-order valence-electron chi connectivity index (χ1n) is 7.55. The molecule has 0 spiro atoms. The van der Waals surface area contributed by atoms with Gasteiger partial charge in [-0.3, -0.25) is 9.88 Å². The third-order valence-corrected chi connectivity index (χ3v) is 4.37.